The lowest BCUT2D eigenvalue weighted by atomic mass is 10.1. The molecule has 0 radical (unpaired) electrons. The first-order chi connectivity index (χ1) is 8.67. The van der Waals surface area contributed by atoms with Gasteiger partial charge in [-0.2, -0.15) is 0 Å². The SMILES string of the molecule is C=Cc1ccccc1C(C)=O.CC.CC.CCC. The van der Waals surface area contributed by atoms with E-state index >= 15 is 0 Å². The molecule has 0 N–H and O–H groups in total. The summed E-state index contributed by atoms with van der Waals surface area (Å²) < 4.78 is 0. The van der Waals surface area contributed by atoms with E-state index in [4.69, 9.17) is 0 Å². The van der Waals surface area contributed by atoms with Crippen molar-refractivity contribution in [3.8, 4) is 0 Å². The quantitative estimate of drug-likeness (QED) is 0.588. The Labute approximate surface area is 114 Å². The molecule has 0 fully saturated rings. The fourth-order valence-corrected chi connectivity index (χ4v) is 0.996. The minimum absolute atomic E-state index is 0.0838. The average Bonchev–Trinajstić information content (AvgIpc) is 2.44. The van der Waals surface area contributed by atoms with E-state index in [0.717, 1.165) is 11.1 Å². The first-order valence-corrected chi connectivity index (χ1v) is 6.89. The lowest BCUT2D eigenvalue weighted by molar-refractivity contribution is 0.101. The summed E-state index contributed by atoms with van der Waals surface area (Å²) in [5.41, 5.74) is 1.64. The molecule has 1 nitrogen and oxygen atoms in total. The Morgan fingerprint density at radius 2 is 1.50 bits per heavy atom. The Morgan fingerprint density at radius 1 is 1.11 bits per heavy atom. The molecule has 0 spiro atoms. The Kier molecular flexibility index (Phi) is 21.9. The van der Waals surface area contributed by atoms with Gasteiger partial charge >= 0.3 is 0 Å². The van der Waals surface area contributed by atoms with Crippen LogP contribution in [0.15, 0.2) is 30.8 Å². The first kappa shape index (κ1) is 21.9. The van der Waals surface area contributed by atoms with E-state index < -0.39 is 0 Å². The summed E-state index contributed by atoms with van der Waals surface area (Å²) >= 11 is 0. The zero-order chi connectivity index (χ0) is 15.0. The summed E-state index contributed by atoms with van der Waals surface area (Å²) in [4.78, 5) is 11.0. The summed E-state index contributed by atoms with van der Waals surface area (Å²) in [6.07, 6.45) is 2.94. The maximum atomic E-state index is 11.0. The molecule has 0 atom stereocenters. The Bertz CT molecular complexity index is 300. The van der Waals surface area contributed by atoms with Crippen molar-refractivity contribution >= 4 is 11.9 Å². The normalized spacial score (nSPS) is 7.28. The monoisotopic (exact) mass is 250 g/mol. The molecule has 1 aromatic rings. The highest BCUT2D eigenvalue weighted by atomic mass is 16.1. The van der Waals surface area contributed by atoms with Crippen LogP contribution in [-0.4, -0.2) is 5.78 Å². The molecule has 1 rings (SSSR count). The second-order valence-corrected chi connectivity index (χ2v) is 3.05. The van der Waals surface area contributed by atoms with Gasteiger partial charge in [-0.25, -0.2) is 0 Å². The molecule has 0 unspecified atom stereocenters. The van der Waals surface area contributed by atoms with Gasteiger partial charge in [0, 0.05) is 5.56 Å². The van der Waals surface area contributed by atoms with E-state index in [0.29, 0.717) is 0 Å². The van der Waals surface area contributed by atoms with Crippen molar-refractivity contribution in [3.63, 3.8) is 0 Å². The van der Waals surface area contributed by atoms with Gasteiger partial charge in [-0.3, -0.25) is 4.79 Å². The molecule has 0 aliphatic carbocycles. The summed E-state index contributed by atoms with van der Waals surface area (Å²) in [6.45, 7) is 17.4. The van der Waals surface area contributed by atoms with E-state index in [-0.39, 0.29) is 5.78 Å². The first-order valence-electron chi connectivity index (χ1n) is 6.89. The van der Waals surface area contributed by atoms with E-state index in [2.05, 4.69) is 20.4 Å². The topological polar surface area (TPSA) is 17.1 Å². The molecule has 0 saturated heterocycles. The van der Waals surface area contributed by atoms with Gasteiger partial charge < -0.3 is 0 Å². The van der Waals surface area contributed by atoms with Gasteiger partial charge in [0.25, 0.3) is 0 Å². The van der Waals surface area contributed by atoms with E-state index in [9.17, 15) is 4.79 Å². The summed E-state index contributed by atoms with van der Waals surface area (Å²) in [5, 5.41) is 0. The number of Topliss-reactive ketones (excluding diaryl/α,β-unsaturated/α-hetero) is 1. The molecule has 0 amide bonds. The van der Waals surface area contributed by atoms with E-state index in [1.54, 1.807) is 19.1 Å². The van der Waals surface area contributed by atoms with Crippen LogP contribution in [0.5, 0.6) is 0 Å². The van der Waals surface area contributed by atoms with Crippen molar-refractivity contribution in [1.29, 1.82) is 0 Å². The summed E-state index contributed by atoms with van der Waals surface area (Å²) in [6, 6.07) is 7.43. The van der Waals surface area contributed by atoms with Crippen molar-refractivity contribution in [2.75, 3.05) is 0 Å². The summed E-state index contributed by atoms with van der Waals surface area (Å²) in [7, 11) is 0. The maximum Gasteiger partial charge on any atom is 0.160 e. The van der Waals surface area contributed by atoms with E-state index in [1.807, 2.05) is 45.9 Å². The van der Waals surface area contributed by atoms with Crippen LogP contribution in [-0.2, 0) is 0 Å². The predicted octanol–water partition coefficient (Wildman–Crippen LogP) is 6.00. The molecule has 1 aromatic carbocycles. The van der Waals surface area contributed by atoms with Gasteiger partial charge in [-0.1, -0.05) is 84.9 Å². The van der Waals surface area contributed by atoms with Gasteiger partial charge in [-0.05, 0) is 12.5 Å². The van der Waals surface area contributed by atoms with Gasteiger partial charge in [-0.15, -0.1) is 0 Å². The van der Waals surface area contributed by atoms with Crippen molar-refractivity contribution < 1.29 is 4.79 Å². The van der Waals surface area contributed by atoms with Crippen LogP contribution in [0.1, 0.15) is 70.8 Å². The fourth-order valence-electron chi connectivity index (χ4n) is 0.996. The number of hydrogen-bond donors (Lipinski definition) is 0. The molecular formula is C17H30O. The van der Waals surface area contributed by atoms with Crippen molar-refractivity contribution in [2.24, 2.45) is 0 Å². The zero-order valence-electron chi connectivity index (χ0n) is 13.2. The number of benzene rings is 1. The molecule has 0 heterocycles. The molecular weight excluding hydrogens is 220 g/mol. The molecule has 18 heavy (non-hydrogen) atoms. The van der Waals surface area contributed by atoms with Gasteiger partial charge in [0.05, 0.1) is 0 Å². The minimum atomic E-state index is 0.0838. The Hall–Kier alpha value is -1.37. The Morgan fingerprint density at radius 3 is 1.78 bits per heavy atom. The number of rotatable bonds is 2. The molecule has 1 heteroatoms. The van der Waals surface area contributed by atoms with Crippen molar-refractivity contribution in [3.05, 3.63) is 42.0 Å². The van der Waals surface area contributed by atoms with Crippen LogP contribution >= 0.6 is 0 Å². The van der Waals surface area contributed by atoms with Crippen molar-refractivity contribution in [2.45, 2.75) is 54.9 Å². The number of ketones is 1. The molecule has 0 saturated carbocycles. The number of hydrogen-bond acceptors (Lipinski definition) is 1. The molecule has 0 bridgehead atoms. The van der Waals surface area contributed by atoms with Crippen LogP contribution in [0.4, 0.5) is 0 Å². The fraction of sp³-hybridized carbons (Fsp3) is 0.471. The largest absolute Gasteiger partial charge is 0.294 e. The molecule has 0 aliphatic rings. The third-order valence-corrected chi connectivity index (χ3v) is 1.56. The standard InChI is InChI=1S/C10H10O.C3H8.2C2H6/c1-3-9-6-4-5-7-10(9)8(2)11;1-3-2;2*1-2/h3-7H,1H2,2H3;3H2,1-2H3;2*1-2H3. The second kappa shape index (κ2) is 18.0. The van der Waals surface area contributed by atoms with Crippen LogP contribution in [0.25, 0.3) is 6.08 Å². The molecule has 104 valence electrons. The van der Waals surface area contributed by atoms with Crippen molar-refractivity contribution in [1.82, 2.24) is 0 Å². The lowest BCUT2D eigenvalue weighted by Crippen LogP contribution is -1.94. The predicted molar refractivity (Wildman–Crippen MR) is 85.2 cm³/mol. The van der Waals surface area contributed by atoms with Gasteiger partial charge in [0.1, 0.15) is 0 Å². The van der Waals surface area contributed by atoms with E-state index in [1.165, 1.54) is 6.42 Å². The molecule has 0 aliphatic heterocycles. The zero-order valence-corrected chi connectivity index (χ0v) is 13.2. The number of carbonyl (C=O) groups is 1. The lowest BCUT2D eigenvalue weighted by Gasteiger charge is -1.98. The summed E-state index contributed by atoms with van der Waals surface area (Å²) in [5.74, 6) is 0.0838. The molecule has 0 aromatic heterocycles. The Balaban J connectivity index is -0.000000274. The van der Waals surface area contributed by atoms with Crippen LogP contribution < -0.4 is 0 Å². The third kappa shape index (κ3) is 11.1. The highest BCUT2D eigenvalue weighted by Crippen LogP contribution is 2.09. The highest BCUT2D eigenvalue weighted by Gasteiger charge is 2.01. The van der Waals surface area contributed by atoms with Crippen LogP contribution in [0.2, 0.25) is 0 Å². The second-order valence-electron chi connectivity index (χ2n) is 3.05. The minimum Gasteiger partial charge on any atom is -0.294 e. The van der Waals surface area contributed by atoms with Gasteiger partial charge in [0.2, 0.25) is 0 Å². The van der Waals surface area contributed by atoms with Gasteiger partial charge in [0.15, 0.2) is 5.78 Å². The smallest absolute Gasteiger partial charge is 0.160 e. The van der Waals surface area contributed by atoms with Crippen LogP contribution in [0.3, 0.4) is 0 Å². The van der Waals surface area contributed by atoms with Crippen LogP contribution in [0, 0.1) is 0 Å². The highest BCUT2D eigenvalue weighted by molar-refractivity contribution is 5.97. The maximum absolute atomic E-state index is 11.0. The average molecular weight is 250 g/mol. The number of carbonyl (C=O) groups excluding carboxylic acids is 1. The third-order valence-electron chi connectivity index (χ3n) is 1.56.